The molecule has 0 amide bonds. The Morgan fingerprint density at radius 2 is 1.90 bits per heavy atom. The Balaban J connectivity index is 2.10. The predicted molar refractivity (Wildman–Crippen MR) is 90.7 cm³/mol. The summed E-state index contributed by atoms with van der Waals surface area (Å²) in [6, 6.07) is 5.37. The molecule has 0 saturated heterocycles. The Morgan fingerprint density at radius 1 is 1.29 bits per heavy atom. The SMILES string of the molecule is CC(C)(C)C1CCC(CN)(Cc2ccc(Br)cc2F)CC1. The first kappa shape index (κ1) is 17.0. The molecule has 0 bridgehead atoms. The van der Waals surface area contributed by atoms with E-state index in [9.17, 15) is 4.39 Å². The summed E-state index contributed by atoms with van der Waals surface area (Å²) >= 11 is 3.32. The smallest absolute Gasteiger partial charge is 0.127 e. The summed E-state index contributed by atoms with van der Waals surface area (Å²) < 4.78 is 14.9. The molecule has 0 atom stereocenters. The quantitative estimate of drug-likeness (QED) is 0.780. The summed E-state index contributed by atoms with van der Waals surface area (Å²) in [4.78, 5) is 0. The monoisotopic (exact) mass is 355 g/mol. The second kappa shape index (κ2) is 6.37. The second-order valence-electron chi connectivity index (χ2n) is 7.76. The molecule has 1 nitrogen and oxygen atoms in total. The molecule has 0 unspecified atom stereocenters. The molecule has 3 heteroatoms. The van der Waals surface area contributed by atoms with Crippen molar-refractivity contribution in [2.75, 3.05) is 6.54 Å². The van der Waals surface area contributed by atoms with Gasteiger partial charge in [0.25, 0.3) is 0 Å². The van der Waals surface area contributed by atoms with Gasteiger partial charge in [-0.25, -0.2) is 4.39 Å². The first-order valence-electron chi connectivity index (χ1n) is 7.90. The number of hydrogen-bond donors (Lipinski definition) is 1. The highest BCUT2D eigenvalue weighted by molar-refractivity contribution is 9.10. The Bertz CT molecular complexity index is 484. The molecule has 1 aliphatic carbocycles. The number of hydrogen-bond acceptors (Lipinski definition) is 1. The van der Waals surface area contributed by atoms with Crippen LogP contribution in [-0.4, -0.2) is 6.54 Å². The van der Waals surface area contributed by atoms with Gasteiger partial charge in [0.15, 0.2) is 0 Å². The lowest BCUT2D eigenvalue weighted by atomic mass is 9.62. The lowest BCUT2D eigenvalue weighted by Crippen LogP contribution is -2.39. The van der Waals surface area contributed by atoms with E-state index in [1.807, 2.05) is 12.1 Å². The van der Waals surface area contributed by atoms with Crippen LogP contribution >= 0.6 is 15.9 Å². The maximum absolute atomic E-state index is 14.1. The van der Waals surface area contributed by atoms with Gasteiger partial charge in [0.2, 0.25) is 0 Å². The van der Waals surface area contributed by atoms with Gasteiger partial charge in [-0.05, 0) is 73.1 Å². The molecular weight excluding hydrogens is 329 g/mol. The van der Waals surface area contributed by atoms with E-state index in [-0.39, 0.29) is 11.2 Å². The van der Waals surface area contributed by atoms with Crippen LogP contribution in [0.5, 0.6) is 0 Å². The minimum Gasteiger partial charge on any atom is -0.330 e. The van der Waals surface area contributed by atoms with Crippen LogP contribution in [-0.2, 0) is 6.42 Å². The average Bonchev–Trinajstić information content (AvgIpc) is 2.41. The molecule has 0 aliphatic heterocycles. The van der Waals surface area contributed by atoms with Gasteiger partial charge in [0, 0.05) is 4.47 Å². The summed E-state index contributed by atoms with van der Waals surface area (Å²) in [6.45, 7) is 7.61. The third-order valence-electron chi connectivity index (χ3n) is 5.28. The van der Waals surface area contributed by atoms with E-state index in [4.69, 9.17) is 5.73 Å². The van der Waals surface area contributed by atoms with E-state index < -0.39 is 0 Å². The fraction of sp³-hybridized carbons (Fsp3) is 0.667. The van der Waals surface area contributed by atoms with Crippen LogP contribution in [0.1, 0.15) is 52.0 Å². The third kappa shape index (κ3) is 4.07. The maximum Gasteiger partial charge on any atom is 0.127 e. The molecule has 2 N–H and O–H groups in total. The van der Waals surface area contributed by atoms with Gasteiger partial charge < -0.3 is 5.73 Å². The van der Waals surface area contributed by atoms with Crippen LogP contribution in [0.4, 0.5) is 4.39 Å². The Morgan fingerprint density at radius 3 is 2.38 bits per heavy atom. The number of rotatable bonds is 3. The zero-order valence-electron chi connectivity index (χ0n) is 13.4. The van der Waals surface area contributed by atoms with Gasteiger partial charge in [0.05, 0.1) is 0 Å². The Labute approximate surface area is 136 Å². The largest absolute Gasteiger partial charge is 0.330 e. The molecule has 118 valence electrons. The highest BCUT2D eigenvalue weighted by atomic mass is 79.9. The molecule has 0 aromatic heterocycles. The Hall–Kier alpha value is -0.410. The first-order valence-corrected chi connectivity index (χ1v) is 8.69. The summed E-state index contributed by atoms with van der Waals surface area (Å²) in [7, 11) is 0. The Kier molecular flexibility index (Phi) is 5.15. The third-order valence-corrected chi connectivity index (χ3v) is 5.78. The second-order valence-corrected chi connectivity index (χ2v) is 8.67. The number of benzene rings is 1. The van der Waals surface area contributed by atoms with Gasteiger partial charge in [-0.2, -0.15) is 0 Å². The van der Waals surface area contributed by atoms with Crippen molar-refractivity contribution in [3.8, 4) is 0 Å². The maximum atomic E-state index is 14.1. The minimum absolute atomic E-state index is 0.0798. The van der Waals surface area contributed by atoms with Gasteiger partial charge >= 0.3 is 0 Å². The molecule has 1 fully saturated rings. The van der Waals surface area contributed by atoms with Crippen molar-refractivity contribution in [2.24, 2.45) is 22.5 Å². The van der Waals surface area contributed by atoms with Crippen molar-refractivity contribution in [1.82, 2.24) is 0 Å². The average molecular weight is 356 g/mol. The fourth-order valence-electron chi connectivity index (χ4n) is 3.62. The standard InChI is InChI=1S/C18H27BrFN/c1-17(2,3)14-6-8-18(12-21,9-7-14)11-13-4-5-15(19)10-16(13)20/h4-5,10,14H,6-9,11-12,21H2,1-3H3. The molecule has 1 saturated carbocycles. The summed E-state index contributed by atoms with van der Waals surface area (Å²) in [5.41, 5.74) is 7.34. The number of halogens is 2. The van der Waals surface area contributed by atoms with E-state index in [2.05, 4.69) is 36.7 Å². The fourth-order valence-corrected chi connectivity index (χ4v) is 3.95. The van der Waals surface area contributed by atoms with Crippen LogP contribution in [0.2, 0.25) is 0 Å². The van der Waals surface area contributed by atoms with E-state index in [0.717, 1.165) is 35.2 Å². The van der Waals surface area contributed by atoms with Crippen LogP contribution < -0.4 is 5.73 Å². The molecular formula is C18H27BrFN. The molecule has 0 spiro atoms. The van der Waals surface area contributed by atoms with Crippen molar-refractivity contribution in [2.45, 2.75) is 52.9 Å². The number of nitrogens with two attached hydrogens (primary N) is 1. The lowest BCUT2D eigenvalue weighted by molar-refractivity contribution is 0.0920. The summed E-state index contributed by atoms with van der Waals surface area (Å²) in [6.07, 6.45) is 5.40. The zero-order chi connectivity index (χ0) is 15.7. The van der Waals surface area contributed by atoms with E-state index in [1.54, 1.807) is 6.07 Å². The highest BCUT2D eigenvalue weighted by Crippen LogP contribution is 2.46. The molecule has 0 radical (unpaired) electrons. The highest BCUT2D eigenvalue weighted by Gasteiger charge is 2.38. The van der Waals surface area contributed by atoms with Gasteiger partial charge in [-0.1, -0.05) is 42.8 Å². The summed E-state index contributed by atoms with van der Waals surface area (Å²) in [5.74, 6) is 0.641. The molecule has 1 aliphatic rings. The van der Waals surface area contributed by atoms with Gasteiger partial charge in [-0.15, -0.1) is 0 Å². The van der Waals surface area contributed by atoms with E-state index in [1.165, 1.54) is 12.8 Å². The van der Waals surface area contributed by atoms with E-state index >= 15 is 0 Å². The van der Waals surface area contributed by atoms with Gasteiger partial charge in [-0.3, -0.25) is 0 Å². The molecule has 2 rings (SSSR count). The zero-order valence-corrected chi connectivity index (χ0v) is 15.0. The van der Waals surface area contributed by atoms with Crippen molar-refractivity contribution in [3.63, 3.8) is 0 Å². The van der Waals surface area contributed by atoms with Crippen molar-refractivity contribution in [1.29, 1.82) is 0 Å². The summed E-state index contributed by atoms with van der Waals surface area (Å²) in [5, 5.41) is 0. The molecule has 1 aromatic rings. The first-order chi connectivity index (χ1) is 9.76. The molecule has 1 aromatic carbocycles. The van der Waals surface area contributed by atoms with Crippen molar-refractivity contribution in [3.05, 3.63) is 34.1 Å². The lowest BCUT2D eigenvalue weighted by Gasteiger charge is -2.44. The topological polar surface area (TPSA) is 26.0 Å². The van der Waals surface area contributed by atoms with Crippen LogP contribution in [0, 0.1) is 22.6 Å². The van der Waals surface area contributed by atoms with Crippen LogP contribution in [0.15, 0.2) is 22.7 Å². The van der Waals surface area contributed by atoms with Crippen molar-refractivity contribution >= 4 is 15.9 Å². The van der Waals surface area contributed by atoms with Gasteiger partial charge in [0.1, 0.15) is 5.82 Å². The van der Waals surface area contributed by atoms with Crippen molar-refractivity contribution < 1.29 is 4.39 Å². The van der Waals surface area contributed by atoms with Crippen LogP contribution in [0.25, 0.3) is 0 Å². The molecule has 0 heterocycles. The predicted octanol–water partition coefficient (Wildman–Crippen LogP) is 5.31. The minimum atomic E-state index is -0.116. The van der Waals surface area contributed by atoms with E-state index in [0.29, 0.717) is 12.0 Å². The van der Waals surface area contributed by atoms with Crippen LogP contribution in [0.3, 0.4) is 0 Å². The normalized spacial score (nSPS) is 26.9. The molecule has 21 heavy (non-hydrogen) atoms.